The molecule has 9 nitrogen and oxygen atoms in total. The highest BCUT2D eigenvalue weighted by Crippen LogP contribution is 2.29. The summed E-state index contributed by atoms with van der Waals surface area (Å²) in [5, 5.41) is 16.2. The Morgan fingerprint density at radius 1 is 1.32 bits per heavy atom. The Morgan fingerprint density at radius 2 is 2.13 bits per heavy atom. The molecule has 162 valence electrons. The second kappa shape index (κ2) is 9.96. The molecule has 0 aliphatic rings. The molecule has 1 aromatic heterocycles. The molecule has 0 aliphatic carbocycles. The van der Waals surface area contributed by atoms with Crippen LogP contribution in [0.4, 0.5) is 5.69 Å². The highest BCUT2D eigenvalue weighted by Gasteiger charge is 2.15. The van der Waals surface area contributed by atoms with E-state index in [9.17, 15) is 14.8 Å². The summed E-state index contributed by atoms with van der Waals surface area (Å²) >= 11 is 0. The lowest BCUT2D eigenvalue weighted by Gasteiger charge is -2.11. The van der Waals surface area contributed by atoms with Gasteiger partial charge in [-0.25, -0.2) is 0 Å². The first-order valence-corrected chi connectivity index (χ1v) is 9.90. The van der Waals surface area contributed by atoms with Crippen LogP contribution in [0.25, 0.3) is 10.9 Å². The fourth-order valence-corrected chi connectivity index (χ4v) is 3.19. The summed E-state index contributed by atoms with van der Waals surface area (Å²) in [7, 11) is 0. The van der Waals surface area contributed by atoms with Gasteiger partial charge in [0.25, 0.3) is 5.91 Å². The molecule has 1 heterocycles. The molecule has 1 unspecified atom stereocenters. The smallest absolute Gasteiger partial charge is 0.279 e. The maximum absolute atomic E-state index is 12.7. The predicted octanol–water partition coefficient (Wildman–Crippen LogP) is 2.98. The zero-order valence-corrected chi connectivity index (χ0v) is 17.4. The summed E-state index contributed by atoms with van der Waals surface area (Å²) < 4.78 is 5.32. The number of ether oxygens (including phenoxy) is 1. The molecule has 0 saturated heterocycles. The second-order valence-electron chi connectivity index (χ2n) is 7.02. The fraction of sp³-hybridized carbons (Fsp3) is 0.273. The van der Waals surface area contributed by atoms with Gasteiger partial charge in [0.1, 0.15) is 11.6 Å². The van der Waals surface area contributed by atoms with Crippen LogP contribution < -0.4 is 15.8 Å². The van der Waals surface area contributed by atoms with Crippen molar-refractivity contribution in [2.24, 2.45) is 15.9 Å². The molecule has 0 radical (unpaired) electrons. The summed E-state index contributed by atoms with van der Waals surface area (Å²) in [5.74, 6) is -0.231. The van der Waals surface area contributed by atoms with Crippen LogP contribution in [0.1, 0.15) is 35.3 Å². The van der Waals surface area contributed by atoms with Gasteiger partial charge in [0, 0.05) is 40.8 Å². The number of aromatic amines is 1. The summed E-state index contributed by atoms with van der Waals surface area (Å²) in [5.41, 5.74) is 8.81. The highest BCUT2D eigenvalue weighted by atomic mass is 16.5. The number of carbonyl (C=O) groups excluding carboxylic acids is 1. The Kier molecular flexibility index (Phi) is 7.11. The molecule has 1 atom stereocenters. The molecule has 3 rings (SSSR count). The molecule has 0 spiro atoms. The van der Waals surface area contributed by atoms with Crippen LogP contribution in [0.2, 0.25) is 0 Å². The number of fused-ring (bicyclic) bond motifs is 1. The fourth-order valence-electron chi connectivity index (χ4n) is 3.19. The lowest BCUT2D eigenvalue weighted by molar-refractivity contribution is 0.100. The average Bonchev–Trinajstić information content (AvgIpc) is 3.20. The van der Waals surface area contributed by atoms with E-state index in [0.29, 0.717) is 24.5 Å². The number of nitrogens with two attached hydrogens (primary N) is 1. The topological polar surface area (TPSA) is 142 Å². The van der Waals surface area contributed by atoms with Gasteiger partial charge in [0.05, 0.1) is 13.2 Å². The van der Waals surface area contributed by atoms with Crippen LogP contribution in [0.3, 0.4) is 0 Å². The summed E-state index contributed by atoms with van der Waals surface area (Å²) in [4.78, 5) is 31.0. The first-order valence-electron chi connectivity index (χ1n) is 9.90. The van der Waals surface area contributed by atoms with Crippen molar-refractivity contribution in [2.75, 3.05) is 13.2 Å². The number of nitroso groups, excluding NO2 is 1. The van der Waals surface area contributed by atoms with Gasteiger partial charge in [-0.3, -0.25) is 4.79 Å². The first-order chi connectivity index (χ1) is 15.0. The molecule has 2 aromatic carbocycles. The zero-order valence-electron chi connectivity index (χ0n) is 17.4. The number of carbonyl (C=O) groups is 1. The lowest BCUT2D eigenvalue weighted by atomic mass is 10.0. The van der Waals surface area contributed by atoms with E-state index in [1.807, 2.05) is 25.3 Å². The molecule has 3 aromatic rings. The van der Waals surface area contributed by atoms with Gasteiger partial charge in [-0.2, -0.15) is 4.99 Å². The van der Waals surface area contributed by atoms with Crippen molar-refractivity contribution >= 4 is 28.3 Å². The van der Waals surface area contributed by atoms with Crippen molar-refractivity contribution in [2.45, 2.75) is 26.4 Å². The molecule has 0 fully saturated rings. The van der Waals surface area contributed by atoms with Crippen LogP contribution in [0.15, 0.2) is 52.8 Å². The van der Waals surface area contributed by atoms with Crippen molar-refractivity contribution in [3.63, 3.8) is 0 Å². The third-order valence-electron chi connectivity index (χ3n) is 4.80. The second-order valence-corrected chi connectivity index (χ2v) is 7.02. The number of aliphatic hydroxyl groups excluding tert-OH is 1. The SMILES string of the molecule is CCOc1ccc(C(=O)N=C(N)c2cccc3[nH]cc(CNC(C)CO)c23)cc1N=O. The minimum atomic E-state index is -0.591. The number of aliphatic imine (C=N–C) groups is 1. The molecule has 5 N–H and O–H groups in total. The van der Waals surface area contributed by atoms with E-state index in [-0.39, 0.29) is 29.7 Å². The quantitative estimate of drug-likeness (QED) is 0.237. The van der Waals surface area contributed by atoms with Crippen LogP contribution in [-0.2, 0) is 6.54 Å². The molecule has 0 bridgehead atoms. The number of hydrogen-bond donors (Lipinski definition) is 4. The van der Waals surface area contributed by atoms with E-state index in [1.165, 1.54) is 18.2 Å². The predicted molar refractivity (Wildman–Crippen MR) is 120 cm³/mol. The third kappa shape index (κ3) is 4.96. The first kappa shape index (κ1) is 22.1. The number of rotatable bonds is 9. The maximum atomic E-state index is 12.7. The van der Waals surface area contributed by atoms with E-state index < -0.39 is 5.91 Å². The van der Waals surface area contributed by atoms with Crippen molar-refractivity contribution in [1.82, 2.24) is 10.3 Å². The number of amides is 1. The molecular formula is C22H25N5O4. The molecule has 31 heavy (non-hydrogen) atoms. The van der Waals surface area contributed by atoms with E-state index in [2.05, 4.69) is 20.5 Å². The van der Waals surface area contributed by atoms with Gasteiger partial charge in [0.15, 0.2) is 5.69 Å². The maximum Gasteiger partial charge on any atom is 0.279 e. The number of benzene rings is 2. The Labute approximate surface area is 179 Å². The monoisotopic (exact) mass is 423 g/mol. The van der Waals surface area contributed by atoms with Crippen LogP contribution in [0.5, 0.6) is 5.75 Å². The molecule has 0 aliphatic heterocycles. The van der Waals surface area contributed by atoms with Crippen molar-refractivity contribution < 1.29 is 14.6 Å². The number of H-pyrrole nitrogens is 1. The van der Waals surface area contributed by atoms with E-state index in [0.717, 1.165) is 16.5 Å². The lowest BCUT2D eigenvalue weighted by Crippen LogP contribution is -2.28. The van der Waals surface area contributed by atoms with Gasteiger partial charge < -0.3 is 25.9 Å². The van der Waals surface area contributed by atoms with Gasteiger partial charge in [0.2, 0.25) is 0 Å². The molecule has 1 amide bonds. The van der Waals surface area contributed by atoms with Gasteiger partial charge in [-0.15, -0.1) is 4.91 Å². The van der Waals surface area contributed by atoms with E-state index in [1.54, 1.807) is 13.0 Å². The number of amidine groups is 1. The number of aliphatic hydroxyl groups is 1. The standard InChI is InChI=1S/C22H25N5O4/c1-3-31-19-8-7-14(9-18(19)27-30)22(29)26-21(23)16-5-4-6-17-20(16)15(11-25-17)10-24-13(2)12-28/h4-9,11,13,24-25,28H,3,10,12H2,1-2H3,(H2,23,26,29). The van der Waals surface area contributed by atoms with E-state index >= 15 is 0 Å². The van der Waals surface area contributed by atoms with Crippen molar-refractivity contribution in [3.8, 4) is 5.75 Å². The number of aromatic nitrogens is 1. The summed E-state index contributed by atoms with van der Waals surface area (Å²) in [6.07, 6.45) is 1.86. The largest absolute Gasteiger partial charge is 0.491 e. The zero-order chi connectivity index (χ0) is 22.4. The minimum Gasteiger partial charge on any atom is -0.491 e. The summed E-state index contributed by atoms with van der Waals surface area (Å²) in [6.45, 7) is 4.56. The third-order valence-corrected chi connectivity index (χ3v) is 4.80. The molecular weight excluding hydrogens is 398 g/mol. The normalized spacial score (nSPS) is 12.7. The van der Waals surface area contributed by atoms with Crippen LogP contribution in [-0.4, -0.2) is 41.1 Å². The minimum absolute atomic E-state index is 0.0209. The van der Waals surface area contributed by atoms with Crippen molar-refractivity contribution in [3.05, 3.63) is 64.2 Å². The summed E-state index contributed by atoms with van der Waals surface area (Å²) in [6, 6.07) is 9.81. The Bertz CT molecular complexity index is 1120. The Morgan fingerprint density at radius 3 is 2.84 bits per heavy atom. The van der Waals surface area contributed by atoms with Crippen LogP contribution in [0, 0.1) is 4.91 Å². The van der Waals surface area contributed by atoms with Crippen LogP contribution >= 0.6 is 0 Å². The van der Waals surface area contributed by atoms with E-state index in [4.69, 9.17) is 10.5 Å². The average molecular weight is 423 g/mol. The number of nitrogens with zero attached hydrogens (tertiary/aromatic N) is 2. The number of hydrogen-bond acceptors (Lipinski definition) is 6. The Balaban J connectivity index is 1.93. The van der Waals surface area contributed by atoms with Gasteiger partial charge in [-0.1, -0.05) is 12.1 Å². The van der Waals surface area contributed by atoms with Gasteiger partial charge in [-0.05, 0) is 48.9 Å². The Hall–Kier alpha value is -3.56. The molecule has 9 heteroatoms. The van der Waals surface area contributed by atoms with Crippen molar-refractivity contribution in [1.29, 1.82) is 0 Å². The van der Waals surface area contributed by atoms with Gasteiger partial charge >= 0.3 is 0 Å². The molecule has 0 saturated carbocycles. The number of nitrogens with one attached hydrogen (secondary N) is 2. The highest BCUT2D eigenvalue weighted by molar-refractivity contribution is 6.15.